The van der Waals surface area contributed by atoms with E-state index in [1.54, 1.807) is 42.5 Å². The molecule has 0 radical (unpaired) electrons. The van der Waals surface area contributed by atoms with Gasteiger partial charge in [-0.15, -0.1) is 0 Å². The molecule has 0 spiro atoms. The standard InChI is InChI=1S/C19H19N3O3/c1-25-17-5-2-4-14(12-17)13-20-21-19(24)15-7-9-16(10-8-15)22-11-3-6-18(22)23/h2,4-5,7-10,12-13H,3,6,11H2,1H3,(H,21,24)/b20-13-. The molecular weight excluding hydrogens is 318 g/mol. The summed E-state index contributed by atoms with van der Waals surface area (Å²) in [5.74, 6) is 0.542. The maximum absolute atomic E-state index is 12.1. The maximum Gasteiger partial charge on any atom is 0.271 e. The Morgan fingerprint density at radius 3 is 2.72 bits per heavy atom. The number of hydrogen-bond donors (Lipinski definition) is 1. The number of ether oxygens (including phenoxy) is 1. The zero-order chi connectivity index (χ0) is 17.6. The largest absolute Gasteiger partial charge is 0.497 e. The first-order valence-electron chi connectivity index (χ1n) is 8.05. The van der Waals surface area contributed by atoms with Crippen molar-refractivity contribution < 1.29 is 14.3 Å². The highest BCUT2D eigenvalue weighted by atomic mass is 16.5. The first kappa shape index (κ1) is 16.7. The van der Waals surface area contributed by atoms with E-state index in [1.807, 2.05) is 24.3 Å². The number of benzene rings is 2. The van der Waals surface area contributed by atoms with Crippen molar-refractivity contribution in [3.8, 4) is 5.75 Å². The van der Waals surface area contributed by atoms with Crippen LogP contribution in [0, 0.1) is 0 Å². The molecule has 0 aliphatic carbocycles. The van der Waals surface area contributed by atoms with E-state index in [9.17, 15) is 9.59 Å². The van der Waals surface area contributed by atoms with Crippen LogP contribution >= 0.6 is 0 Å². The lowest BCUT2D eigenvalue weighted by molar-refractivity contribution is -0.117. The number of carbonyl (C=O) groups is 2. The molecule has 0 saturated carbocycles. The van der Waals surface area contributed by atoms with Gasteiger partial charge >= 0.3 is 0 Å². The van der Waals surface area contributed by atoms with E-state index < -0.39 is 0 Å². The van der Waals surface area contributed by atoms with E-state index in [0.717, 1.165) is 30.0 Å². The molecule has 3 rings (SSSR count). The summed E-state index contributed by atoms with van der Waals surface area (Å²) in [6.45, 7) is 0.731. The summed E-state index contributed by atoms with van der Waals surface area (Å²) in [4.78, 5) is 25.6. The summed E-state index contributed by atoms with van der Waals surface area (Å²) in [5.41, 5.74) is 4.62. The number of carbonyl (C=O) groups excluding carboxylic acids is 2. The van der Waals surface area contributed by atoms with Gasteiger partial charge in [0, 0.05) is 24.2 Å². The summed E-state index contributed by atoms with van der Waals surface area (Å²) >= 11 is 0. The number of methoxy groups -OCH3 is 1. The van der Waals surface area contributed by atoms with Crippen LogP contribution < -0.4 is 15.1 Å². The molecule has 25 heavy (non-hydrogen) atoms. The lowest BCUT2D eigenvalue weighted by Gasteiger charge is -2.15. The van der Waals surface area contributed by atoms with Crippen molar-refractivity contribution in [1.29, 1.82) is 0 Å². The van der Waals surface area contributed by atoms with Crippen LogP contribution in [0.15, 0.2) is 53.6 Å². The van der Waals surface area contributed by atoms with Crippen LogP contribution in [0.25, 0.3) is 0 Å². The fourth-order valence-corrected chi connectivity index (χ4v) is 2.67. The van der Waals surface area contributed by atoms with Crippen LogP contribution in [0.5, 0.6) is 5.75 Å². The third-order valence-corrected chi connectivity index (χ3v) is 3.99. The third-order valence-electron chi connectivity index (χ3n) is 3.99. The summed E-state index contributed by atoms with van der Waals surface area (Å²) in [6.07, 6.45) is 3.01. The highest BCUT2D eigenvalue weighted by Crippen LogP contribution is 2.21. The minimum absolute atomic E-state index is 0.125. The summed E-state index contributed by atoms with van der Waals surface area (Å²) < 4.78 is 5.14. The van der Waals surface area contributed by atoms with Crippen molar-refractivity contribution in [3.63, 3.8) is 0 Å². The van der Waals surface area contributed by atoms with Crippen molar-refractivity contribution in [1.82, 2.24) is 5.43 Å². The van der Waals surface area contributed by atoms with Gasteiger partial charge in [0.25, 0.3) is 5.91 Å². The Bertz CT molecular complexity index is 800. The Morgan fingerprint density at radius 2 is 2.04 bits per heavy atom. The van der Waals surface area contributed by atoms with Crippen LogP contribution in [0.1, 0.15) is 28.8 Å². The normalized spacial score (nSPS) is 14.1. The van der Waals surface area contributed by atoms with E-state index in [0.29, 0.717) is 12.0 Å². The quantitative estimate of drug-likeness (QED) is 0.673. The molecule has 1 aliphatic heterocycles. The van der Waals surface area contributed by atoms with Crippen molar-refractivity contribution in [3.05, 3.63) is 59.7 Å². The molecule has 1 fully saturated rings. The van der Waals surface area contributed by atoms with E-state index in [2.05, 4.69) is 10.5 Å². The maximum atomic E-state index is 12.1. The predicted octanol–water partition coefficient (Wildman–Crippen LogP) is 2.59. The second kappa shape index (κ2) is 7.61. The lowest BCUT2D eigenvalue weighted by atomic mass is 10.2. The molecule has 1 heterocycles. The fourth-order valence-electron chi connectivity index (χ4n) is 2.67. The van der Waals surface area contributed by atoms with Crippen LogP contribution in [-0.4, -0.2) is 31.7 Å². The second-order valence-electron chi connectivity index (χ2n) is 5.67. The van der Waals surface area contributed by atoms with Crippen LogP contribution in [0.2, 0.25) is 0 Å². The molecule has 1 saturated heterocycles. The van der Waals surface area contributed by atoms with Gasteiger partial charge in [-0.25, -0.2) is 5.43 Å². The Hall–Kier alpha value is -3.15. The second-order valence-corrected chi connectivity index (χ2v) is 5.67. The van der Waals surface area contributed by atoms with E-state index in [1.165, 1.54) is 0 Å². The Kier molecular flexibility index (Phi) is 5.09. The molecule has 0 unspecified atom stereocenters. The van der Waals surface area contributed by atoms with Crippen LogP contribution in [-0.2, 0) is 4.79 Å². The highest BCUT2D eigenvalue weighted by Gasteiger charge is 2.21. The smallest absolute Gasteiger partial charge is 0.271 e. The first-order valence-corrected chi connectivity index (χ1v) is 8.05. The molecule has 0 atom stereocenters. The zero-order valence-electron chi connectivity index (χ0n) is 13.9. The van der Waals surface area contributed by atoms with Crippen molar-refractivity contribution >= 4 is 23.7 Å². The van der Waals surface area contributed by atoms with Gasteiger partial charge in [-0.05, 0) is 48.4 Å². The molecule has 2 amide bonds. The van der Waals surface area contributed by atoms with Gasteiger partial charge in [0.2, 0.25) is 5.91 Å². The molecule has 1 N–H and O–H groups in total. The lowest BCUT2D eigenvalue weighted by Crippen LogP contribution is -2.24. The molecular formula is C19H19N3O3. The Labute approximate surface area is 146 Å². The molecule has 2 aromatic rings. The average Bonchev–Trinajstić information content (AvgIpc) is 3.08. The van der Waals surface area contributed by atoms with Crippen molar-refractivity contribution in [2.24, 2.45) is 5.10 Å². The monoisotopic (exact) mass is 337 g/mol. The van der Waals surface area contributed by atoms with Crippen molar-refractivity contribution in [2.75, 3.05) is 18.6 Å². The van der Waals surface area contributed by atoms with E-state index in [4.69, 9.17) is 4.74 Å². The van der Waals surface area contributed by atoms with E-state index >= 15 is 0 Å². The Morgan fingerprint density at radius 1 is 1.24 bits per heavy atom. The van der Waals surface area contributed by atoms with Gasteiger partial charge in [0.05, 0.1) is 13.3 Å². The van der Waals surface area contributed by atoms with Crippen molar-refractivity contribution in [2.45, 2.75) is 12.8 Å². The number of hydrogen-bond acceptors (Lipinski definition) is 4. The fraction of sp³-hybridized carbons (Fsp3) is 0.211. The minimum atomic E-state index is -0.307. The SMILES string of the molecule is COc1cccc(/C=N\NC(=O)c2ccc(N3CCCC3=O)cc2)c1. The third kappa shape index (κ3) is 4.03. The number of nitrogens with zero attached hydrogens (tertiary/aromatic N) is 2. The highest BCUT2D eigenvalue weighted by molar-refractivity contribution is 5.97. The average molecular weight is 337 g/mol. The molecule has 1 aliphatic rings. The minimum Gasteiger partial charge on any atom is -0.497 e. The van der Waals surface area contributed by atoms with E-state index in [-0.39, 0.29) is 11.8 Å². The summed E-state index contributed by atoms with van der Waals surface area (Å²) in [5, 5.41) is 3.96. The molecule has 0 aromatic heterocycles. The molecule has 6 heteroatoms. The van der Waals surface area contributed by atoms with Gasteiger partial charge in [-0.2, -0.15) is 5.10 Å². The van der Waals surface area contributed by atoms with Gasteiger partial charge < -0.3 is 9.64 Å². The van der Waals surface area contributed by atoms with Gasteiger partial charge in [0.1, 0.15) is 5.75 Å². The summed E-state index contributed by atoms with van der Waals surface area (Å²) in [7, 11) is 1.59. The number of anilines is 1. The molecule has 0 bridgehead atoms. The molecule has 128 valence electrons. The van der Waals surface area contributed by atoms with Crippen LogP contribution in [0.4, 0.5) is 5.69 Å². The summed E-state index contributed by atoms with van der Waals surface area (Å²) in [6, 6.07) is 14.3. The number of rotatable bonds is 5. The van der Waals surface area contributed by atoms with Gasteiger partial charge in [-0.1, -0.05) is 12.1 Å². The number of hydrazone groups is 1. The topological polar surface area (TPSA) is 71.0 Å². The predicted molar refractivity (Wildman–Crippen MR) is 96.1 cm³/mol. The zero-order valence-corrected chi connectivity index (χ0v) is 13.9. The first-order chi connectivity index (χ1) is 12.2. The van der Waals surface area contributed by atoms with Crippen LogP contribution in [0.3, 0.4) is 0 Å². The number of nitrogens with one attached hydrogen (secondary N) is 1. The number of amides is 2. The van der Waals surface area contributed by atoms with Gasteiger partial charge in [-0.3, -0.25) is 9.59 Å². The molecule has 2 aromatic carbocycles. The van der Waals surface area contributed by atoms with Gasteiger partial charge in [0.15, 0.2) is 0 Å². The molecule has 6 nitrogen and oxygen atoms in total. The Balaban J connectivity index is 1.61.